The van der Waals surface area contributed by atoms with Gasteiger partial charge in [-0.3, -0.25) is 0 Å². The molecule has 0 heterocycles. The molecule has 0 bridgehead atoms. The normalized spacial score (nSPS) is 16.5. The lowest BCUT2D eigenvalue weighted by Crippen LogP contribution is -2.53. The molecular weight excluding hydrogens is 358 g/mol. The minimum absolute atomic E-state index is 0.330. The molecule has 1 unspecified atom stereocenters. The Hall–Kier alpha value is -2.33. The van der Waals surface area contributed by atoms with Crippen LogP contribution in [0.1, 0.15) is 43.2 Å². The summed E-state index contributed by atoms with van der Waals surface area (Å²) in [5.74, 6) is 0.982. The summed E-state index contributed by atoms with van der Waals surface area (Å²) in [5, 5.41) is 3.00. The molecule has 2 aromatic carbocycles. The molecule has 1 saturated carbocycles. The van der Waals surface area contributed by atoms with Crippen molar-refractivity contribution in [3.63, 3.8) is 0 Å². The van der Waals surface area contributed by atoms with Gasteiger partial charge in [-0.2, -0.15) is 0 Å². The van der Waals surface area contributed by atoms with Crippen molar-refractivity contribution in [1.29, 1.82) is 0 Å². The quantitative estimate of drug-likeness (QED) is 0.698. The van der Waals surface area contributed by atoms with Gasteiger partial charge in [-0.05, 0) is 37.1 Å². The van der Waals surface area contributed by atoms with Gasteiger partial charge in [-0.15, -0.1) is 0 Å². The number of carbonyl (C=O) groups is 1. The predicted molar refractivity (Wildman–Crippen MR) is 120 cm³/mol. The molecule has 2 amide bonds. The van der Waals surface area contributed by atoms with E-state index in [2.05, 4.69) is 85.0 Å². The second-order valence-electron chi connectivity index (χ2n) is 8.69. The Morgan fingerprint density at radius 2 is 1.52 bits per heavy atom. The summed E-state index contributed by atoms with van der Waals surface area (Å²) in [5.41, 5.74) is 7.74. The van der Waals surface area contributed by atoms with Gasteiger partial charge in [0.15, 0.2) is 0 Å². The summed E-state index contributed by atoms with van der Waals surface area (Å²) < 4.78 is 0. The number of nitrogens with zero attached hydrogens (tertiary/aromatic N) is 1. The van der Waals surface area contributed by atoms with E-state index in [1.165, 1.54) is 43.2 Å². The fraction of sp³-hybridized carbons (Fsp3) is 0.480. The third-order valence-electron chi connectivity index (χ3n) is 6.53. The van der Waals surface area contributed by atoms with Gasteiger partial charge >= 0.3 is 6.03 Å². The first-order valence-corrected chi connectivity index (χ1v) is 10.8. The van der Waals surface area contributed by atoms with Crippen molar-refractivity contribution in [1.82, 2.24) is 10.2 Å². The monoisotopic (exact) mass is 393 g/mol. The van der Waals surface area contributed by atoms with Crippen LogP contribution in [-0.2, 0) is 5.41 Å². The van der Waals surface area contributed by atoms with Crippen molar-refractivity contribution in [3.05, 3.63) is 71.8 Å². The van der Waals surface area contributed by atoms with Crippen molar-refractivity contribution in [2.24, 2.45) is 17.6 Å². The molecule has 0 radical (unpaired) electrons. The maximum Gasteiger partial charge on any atom is 0.312 e. The molecule has 3 N–H and O–H groups in total. The smallest absolute Gasteiger partial charge is 0.312 e. The van der Waals surface area contributed by atoms with Crippen molar-refractivity contribution in [2.45, 2.75) is 37.5 Å². The van der Waals surface area contributed by atoms with Crippen LogP contribution in [0.25, 0.3) is 0 Å². The molecule has 4 heteroatoms. The lowest BCUT2D eigenvalue weighted by atomic mass is 9.59. The molecule has 1 aliphatic rings. The molecule has 29 heavy (non-hydrogen) atoms. The first kappa shape index (κ1) is 21.4. The topological polar surface area (TPSA) is 58.4 Å². The number of amides is 2. The van der Waals surface area contributed by atoms with Crippen LogP contribution in [0.3, 0.4) is 0 Å². The lowest BCUT2D eigenvalue weighted by molar-refractivity contribution is 0.131. The van der Waals surface area contributed by atoms with Crippen LogP contribution in [-0.4, -0.2) is 38.1 Å². The zero-order chi connectivity index (χ0) is 20.7. The van der Waals surface area contributed by atoms with Gasteiger partial charge in [0.25, 0.3) is 0 Å². The van der Waals surface area contributed by atoms with Crippen molar-refractivity contribution in [2.75, 3.05) is 27.2 Å². The largest absolute Gasteiger partial charge is 0.352 e. The minimum atomic E-state index is -0.464. The van der Waals surface area contributed by atoms with E-state index >= 15 is 0 Å². The Labute approximate surface area is 175 Å². The molecule has 4 nitrogen and oxygen atoms in total. The third kappa shape index (κ3) is 4.99. The first-order chi connectivity index (χ1) is 14.0. The van der Waals surface area contributed by atoms with Crippen LogP contribution < -0.4 is 11.1 Å². The van der Waals surface area contributed by atoms with Gasteiger partial charge in [-0.25, -0.2) is 4.79 Å². The summed E-state index contributed by atoms with van der Waals surface area (Å²) in [6.07, 6.45) is 6.40. The van der Waals surface area contributed by atoms with E-state index in [0.29, 0.717) is 18.4 Å². The highest BCUT2D eigenvalue weighted by molar-refractivity contribution is 5.72. The summed E-state index contributed by atoms with van der Waals surface area (Å²) in [6, 6.07) is 20.9. The SMILES string of the molecule is CN(C)CC(C1CCCCC1)C(CNC(N)=O)(c1ccccc1)c1ccccc1. The van der Waals surface area contributed by atoms with E-state index < -0.39 is 6.03 Å². The molecule has 156 valence electrons. The summed E-state index contributed by atoms with van der Waals surface area (Å²) in [6.45, 7) is 1.47. The zero-order valence-corrected chi connectivity index (χ0v) is 17.8. The molecule has 3 rings (SSSR count). The van der Waals surface area contributed by atoms with Crippen molar-refractivity contribution < 1.29 is 4.79 Å². The van der Waals surface area contributed by atoms with Gasteiger partial charge < -0.3 is 16.0 Å². The Kier molecular flexibility index (Phi) is 7.32. The summed E-state index contributed by atoms with van der Waals surface area (Å²) >= 11 is 0. The molecule has 0 aliphatic heterocycles. The molecule has 1 fully saturated rings. The molecule has 0 spiro atoms. The number of urea groups is 1. The molecule has 1 atom stereocenters. The first-order valence-electron chi connectivity index (χ1n) is 10.8. The summed E-state index contributed by atoms with van der Waals surface area (Å²) in [4.78, 5) is 14.1. The fourth-order valence-electron chi connectivity index (χ4n) is 5.26. The predicted octanol–water partition coefficient (Wildman–Crippen LogP) is 4.40. The van der Waals surface area contributed by atoms with Gasteiger partial charge in [0.05, 0.1) is 0 Å². The van der Waals surface area contributed by atoms with E-state index in [0.717, 1.165) is 6.54 Å². The third-order valence-corrected chi connectivity index (χ3v) is 6.53. The van der Waals surface area contributed by atoms with E-state index in [1.54, 1.807) is 0 Å². The van der Waals surface area contributed by atoms with E-state index in [-0.39, 0.29) is 5.41 Å². The number of primary amides is 1. The number of rotatable bonds is 8. The van der Waals surface area contributed by atoms with Crippen LogP contribution in [0.5, 0.6) is 0 Å². The number of nitrogens with two attached hydrogens (primary N) is 1. The number of hydrogen-bond donors (Lipinski definition) is 2. The molecule has 2 aromatic rings. The van der Waals surface area contributed by atoms with E-state index in [9.17, 15) is 4.79 Å². The molecule has 1 aliphatic carbocycles. The van der Waals surface area contributed by atoms with Gasteiger partial charge in [0.1, 0.15) is 0 Å². The molecule has 0 saturated heterocycles. The Balaban J connectivity index is 2.20. The van der Waals surface area contributed by atoms with Crippen LogP contribution in [0.15, 0.2) is 60.7 Å². The highest BCUT2D eigenvalue weighted by Gasteiger charge is 2.46. The van der Waals surface area contributed by atoms with E-state index in [1.807, 2.05) is 0 Å². The second-order valence-corrected chi connectivity index (χ2v) is 8.69. The average Bonchev–Trinajstić information content (AvgIpc) is 2.75. The second kappa shape index (κ2) is 9.93. The fourth-order valence-corrected chi connectivity index (χ4v) is 5.26. The van der Waals surface area contributed by atoms with Crippen molar-refractivity contribution >= 4 is 6.03 Å². The number of nitrogens with one attached hydrogen (secondary N) is 1. The van der Waals surface area contributed by atoms with E-state index in [4.69, 9.17) is 5.73 Å². The van der Waals surface area contributed by atoms with Gasteiger partial charge in [0, 0.05) is 18.5 Å². The lowest BCUT2D eigenvalue weighted by Gasteiger charge is -2.47. The number of hydrogen-bond acceptors (Lipinski definition) is 2. The highest BCUT2D eigenvalue weighted by Crippen LogP contribution is 2.46. The Bertz CT molecular complexity index is 715. The molecular formula is C25H35N3O. The van der Waals surface area contributed by atoms with Crippen LogP contribution in [0.2, 0.25) is 0 Å². The van der Waals surface area contributed by atoms with Crippen molar-refractivity contribution in [3.8, 4) is 0 Å². The van der Waals surface area contributed by atoms with Crippen LogP contribution >= 0.6 is 0 Å². The average molecular weight is 394 g/mol. The standard InChI is InChI=1S/C25H35N3O/c1-28(2)18-23(20-12-6-3-7-13-20)25(19-27-24(26)29,21-14-8-4-9-15-21)22-16-10-5-11-17-22/h4-5,8-11,14-17,20,23H,3,6-7,12-13,18-19H2,1-2H3,(H3,26,27,29). The van der Waals surface area contributed by atoms with Gasteiger partial charge in [0.2, 0.25) is 0 Å². The zero-order valence-electron chi connectivity index (χ0n) is 17.8. The van der Waals surface area contributed by atoms with Gasteiger partial charge in [-0.1, -0.05) is 92.8 Å². The number of carbonyl (C=O) groups excluding carboxylic acids is 1. The minimum Gasteiger partial charge on any atom is -0.352 e. The maximum atomic E-state index is 11.8. The van der Waals surface area contributed by atoms with Crippen LogP contribution in [0.4, 0.5) is 4.79 Å². The highest BCUT2D eigenvalue weighted by atomic mass is 16.2. The maximum absolute atomic E-state index is 11.8. The van der Waals surface area contributed by atoms with Crippen LogP contribution in [0, 0.1) is 11.8 Å². The Morgan fingerprint density at radius 3 is 1.97 bits per heavy atom. The summed E-state index contributed by atoms with van der Waals surface area (Å²) in [7, 11) is 4.30. The Morgan fingerprint density at radius 1 is 1.00 bits per heavy atom. The number of benzene rings is 2. The molecule has 0 aromatic heterocycles.